The van der Waals surface area contributed by atoms with E-state index in [-0.39, 0.29) is 16.8 Å². The zero-order valence-corrected chi connectivity index (χ0v) is 19.7. The van der Waals surface area contributed by atoms with Crippen molar-refractivity contribution in [2.75, 3.05) is 10.8 Å². The van der Waals surface area contributed by atoms with Crippen molar-refractivity contribution >= 4 is 44.8 Å². The molecule has 5 nitrogen and oxygen atoms in total. The Morgan fingerprint density at radius 3 is 2.25 bits per heavy atom. The van der Waals surface area contributed by atoms with Crippen LogP contribution in [-0.2, 0) is 16.4 Å². The molecule has 1 atom stereocenters. The minimum absolute atomic E-state index is 0.188. The summed E-state index contributed by atoms with van der Waals surface area (Å²) in [5, 5.41) is 4.10. The number of hydrogen-bond donors (Lipinski definition) is 1. The van der Waals surface area contributed by atoms with Gasteiger partial charge < -0.3 is 5.32 Å². The summed E-state index contributed by atoms with van der Waals surface area (Å²) in [6, 6.07) is 18.4. The standard InChI is InChI=1S/C24H22Cl2N2O3S/c1-16(17-4-7-20(25)8-5-17)27-24(29)19-6-13-23-18(15-19)3-2-14-28(23)32(30,31)22-11-9-21(26)10-12-22/h4-13,15-16H,2-3,14H2,1H3,(H,27,29). The maximum absolute atomic E-state index is 13.2. The van der Waals surface area contributed by atoms with Crippen LogP contribution in [0.3, 0.4) is 0 Å². The molecule has 8 heteroatoms. The Bertz CT molecular complexity index is 1240. The Balaban J connectivity index is 1.57. The summed E-state index contributed by atoms with van der Waals surface area (Å²) >= 11 is 11.8. The molecular weight excluding hydrogens is 467 g/mol. The number of hydrogen-bond acceptors (Lipinski definition) is 3. The van der Waals surface area contributed by atoms with Gasteiger partial charge in [0.25, 0.3) is 15.9 Å². The van der Waals surface area contributed by atoms with Gasteiger partial charge in [0.1, 0.15) is 0 Å². The van der Waals surface area contributed by atoms with Gasteiger partial charge >= 0.3 is 0 Å². The molecule has 166 valence electrons. The van der Waals surface area contributed by atoms with Gasteiger partial charge in [-0.05, 0) is 85.5 Å². The first-order valence-corrected chi connectivity index (χ1v) is 12.4. The molecule has 0 spiro atoms. The smallest absolute Gasteiger partial charge is 0.264 e. The SMILES string of the molecule is CC(NC(=O)c1ccc2c(c1)CCCN2S(=O)(=O)c1ccc(Cl)cc1)c1ccc(Cl)cc1. The van der Waals surface area contributed by atoms with E-state index in [0.29, 0.717) is 40.7 Å². The molecule has 1 aliphatic heterocycles. The lowest BCUT2D eigenvalue weighted by Gasteiger charge is -2.31. The number of amides is 1. The second kappa shape index (κ2) is 9.14. The Morgan fingerprint density at radius 1 is 0.969 bits per heavy atom. The number of fused-ring (bicyclic) bond motifs is 1. The zero-order chi connectivity index (χ0) is 22.9. The normalized spacial score (nSPS) is 14.5. The molecule has 32 heavy (non-hydrogen) atoms. The quantitative estimate of drug-likeness (QED) is 0.506. The van der Waals surface area contributed by atoms with Gasteiger partial charge in [-0.15, -0.1) is 0 Å². The fraction of sp³-hybridized carbons (Fsp3) is 0.208. The summed E-state index contributed by atoms with van der Waals surface area (Å²) in [6.07, 6.45) is 1.38. The van der Waals surface area contributed by atoms with E-state index in [4.69, 9.17) is 23.2 Å². The summed E-state index contributed by atoms with van der Waals surface area (Å²) < 4.78 is 27.8. The van der Waals surface area contributed by atoms with Crippen LogP contribution in [0.4, 0.5) is 5.69 Å². The molecule has 0 bridgehead atoms. The molecular formula is C24H22Cl2N2O3S. The number of carbonyl (C=O) groups excluding carboxylic acids is 1. The third kappa shape index (κ3) is 4.63. The van der Waals surface area contributed by atoms with E-state index in [1.165, 1.54) is 16.4 Å². The predicted octanol–water partition coefficient (Wildman–Crippen LogP) is 5.63. The van der Waals surface area contributed by atoms with Crippen LogP contribution in [0.5, 0.6) is 0 Å². The summed E-state index contributed by atoms with van der Waals surface area (Å²) in [6.45, 7) is 2.29. The van der Waals surface area contributed by atoms with E-state index in [2.05, 4.69) is 5.32 Å². The van der Waals surface area contributed by atoms with E-state index >= 15 is 0 Å². The van der Waals surface area contributed by atoms with Crippen LogP contribution >= 0.6 is 23.2 Å². The monoisotopic (exact) mass is 488 g/mol. The van der Waals surface area contributed by atoms with E-state index in [0.717, 1.165) is 11.1 Å². The van der Waals surface area contributed by atoms with Crippen molar-refractivity contribution in [1.29, 1.82) is 0 Å². The molecule has 0 saturated heterocycles. The van der Waals surface area contributed by atoms with E-state index in [1.54, 1.807) is 42.5 Å². The van der Waals surface area contributed by atoms with Crippen molar-refractivity contribution in [3.63, 3.8) is 0 Å². The van der Waals surface area contributed by atoms with Crippen LogP contribution in [0.15, 0.2) is 71.6 Å². The van der Waals surface area contributed by atoms with Crippen molar-refractivity contribution < 1.29 is 13.2 Å². The second-order valence-electron chi connectivity index (χ2n) is 7.72. The first-order valence-electron chi connectivity index (χ1n) is 10.2. The minimum atomic E-state index is -3.72. The van der Waals surface area contributed by atoms with Crippen LogP contribution in [0.1, 0.15) is 40.9 Å². The number of rotatable bonds is 5. The number of nitrogens with one attached hydrogen (secondary N) is 1. The summed E-state index contributed by atoms with van der Waals surface area (Å²) in [5.41, 5.74) is 2.88. The largest absolute Gasteiger partial charge is 0.346 e. The molecule has 0 aromatic heterocycles. The highest BCUT2D eigenvalue weighted by Gasteiger charge is 2.29. The van der Waals surface area contributed by atoms with Crippen molar-refractivity contribution in [3.05, 3.63) is 93.5 Å². The topological polar surface area (TPSA) is 66.5 Å². The van der Waals surface area contributed by atoms with E-state index in [1.807, 2.05) is 19.1 Å². The molecule has 0 aliphatic carbocycles. The molecule has 1 amide bonds. The van der Waals surface area contributed by atoms with Crippen LogP contribution < -0.4 is 9.62 Å². The summed E-state index contributed by atoms with van der Waals surface area (Å²) in [5.74, 6) is -0.215. The van der Waals surface area contributed by atoms with Crippen molar-refractivity contribution in [2.24, 2.45) is 0 Å². The van der Waals surface area contributed by atoms with Gasteiger partial charge in [-0.1, -0.05) is 35.3 Å². The molecule has 0 radical (unpaired) electrons. The third-order valence-corrected chi connectivity index (χ3v) is 7.87. The maximum atomic E-state index is 13.2. The van der Waals surface area contributed by atoms with Crippen LogP contribution in [0.25, 0.3) is 0 Å². The van der Waals surface area contributed by atoms with Crippen molar-refractivity contribution in [3.8, 4) is 0 Å². The molecule has 0 saturated carbocycles. The number of carbonyl (C=O) groups is 1. The molecule has 3 aromatic rings. The lowest BCUT2D eigenvalue weighted by molar-refractivity contribution is 0.0940. The number of nitrogens with zero attached hydrogens (tertiary/aromatic N) is 1. The minimum Gasteiger partial charge on any atom is -0.346 e. The Kier molecular flexibility index (Phi) is 6.47. The Morgan fingerprint density at radius 2 is 1.59 bits per heavy atom. The van der Waals surface area contributed by atoms with E-state index in [9.17, 15) is 13.2 Å². The lowest BCUT2D eigenvalue weighted by atomic mass is 10.00. The summed E-state index contributed by atoms with van der Waals surface area (Å²) in [4.78, 5) is 13.0. The average Bonchev–Trinajstić information content (AvgIpc) is 2.79. The number of halogens is 2. The van der Waals surface area contributed by atoms with Gasteiger partial charge in [-0.3, -0.25) is 9.10 Å². The molecule has 4 rings (SSSR count). The van der Waals surface area contributed by atoms with Crippen LogP contribution in [-0.4, -0.2) is 20.9 Å². The lowest BCUT2D eigenvalue weighted by Crippen LogP contribution is -2.35. The van der Waals surface area contributed by atoms with Gasteiger partial charge in [0.05, 0.1) is 16.6 Å². The molecule has 1 aliphatic rings. The number of aryl methyl sites for hydroxylation is 1. The van der Waals surface area contributed by atoms with Gasteiger partial charge in [0, 0.05) is 22.2 Å². The first-order chi connectivity index (χ1) is 15.3. The maximum Gasteiger partial charge on any atom is 0.264 e. The van der Waals surface area contributed by atoms with Crippen molar-refractivity contribution in [2.45, 2.75) is 30.7 Å². The molecule has 0 fully saturated rings. The molecule has 1 heterocycles. The van der Waals surface area contributed by atoms with Gasteiger partial charge in [0.15, 0.2) is 0 Å². The van der Waals surface area contributed by atoms with Gasteiger partial charge in [0.2, 0.25) is 0 Å². The molecule has 3 aromatic carbocycles. The second-order valence-corrected chi connectivity index (χ2v) is 10.5. The fourth-order valence-electron chi connectivity index (χ4n) is 3.80. The number of benzene rings is 3. The molecule has 1 unspecified atom stereocenters. The highest BCUT2D eigenvalue weighted by atomic mass is 35.5. The molecule has 1 N–H and O–H groups in total. The predicted molar refractivity (Wildman–Crippen MR) is 128 cm³/mol. The number of anilines is 1. The van der Waals surface area contributed by atoms with Crippen molar-refractivity contribution in [1.82, 2.24) is 5.32 Å². The van der Waals surface area contributed by atoms with Gasteiger partial charge in [-0.2, -0.15) is 0 Å². The Labute approximate surface area is 198 Å². The third-order valence-electron chi connectivity index (χ3n) is 5.54. The van der Waals surface area contributed by atoms with Crippen LogP contribution in [0.2, 0.25) is 10.0 Å². The average molecular weight is 489 g/mol. The van der Waals surface area contributed by atoms with Gasteiger partial charge in [-0.25, -0.2) is 8.42 Å². The van der Waals surface area contributed by atoms with Crippen LogP contribution in [0, 0.1) is 0 Å². The number of sulfonamides is 1. The zero-order valence-electron chi connectivity index (χ0n) is 17.4. The highest BCUT2D eigenvalue weighted by Crippen LogP contribution is 2.33. The Hall–Kier alpha value is -2.54. The summed E-state index contributed by atoms with van der Waals surface area (Å²) in [7, 11) is -3.72. The first kappa shape index (κ1) is 22.6. The fourth-order valence-corrected chi connectivity index (χ4v) is 5.60. The highest BCUT2D eigenvalue weighted by molar-refractivity contribution is 7.92. The van der Waals surface area contributed by atoms with E-state index < -0.39 is 10.0 Å².